The van der Waals surface area contributed by atoms with Crippen molar-refractivity contribution >= 4 is 20.2 Å². The number of ether oxygens (including phenoxy) is 4. The second-order valence-corrected chi connectivity index (χ2v) is 10.8. The first-order valence-electron chi connectivity index (χ1n) is 11.8. The third kappa shape index (κ3) is 13.2. The van der Waals surface area contributed by atoms with Gasteiger partial charge in [0.05, 0.1) is 62.6 Å². The molecule has 38 heavy (non-hydrogen) atoms. The predicted octanol–water partition coefficient (Wildman–Crippen LogP) is 2.34. The fraction of sp³-hybridized carbons (Fsp3) is 0.500. The van der Waals surface area contributed by atoms with Gasteiger partial charge in [0.15, 0.2) is 0 Å². The Labute approximate surface area is 223 Å². The second-order valence-electron chi connectivity index (χ2n) is 7.76. The molecule has 214 valence electrons. The molecule has 0 saturated carbocycles. The molecule has 0 saturated heterocycles. The standard InChI is InChI=1S/C24H34O12S2/c1-21-3-7-23(8-4-21)37(25,26)35-33-19-17-31-15-13-29-11-12-30-14-16-32-18-20-34-36-38(27,28)24-9-5-22(2)6-10-24/h3-10H,11-20H2,1-2H3. The van der Waals surface area contributed by atoms with Crippen molar-refractivity contribution in [2.45, 2.75) is 23.6 Å². The highest BCUT2D eigenvalue weighted by Gasteiger charge is 2.16. The molecule has 0 N–H and O–H groups in total. The summed E-state index contributed by atoms with van der Waals surface area (Å²) in [6.07, 6.45) is 0. The number of hydrogen-bond donors (Lipinski definition) is 0. The number of hydrogen-bond acceptors (Lipinski definition) is 12. The van der Waals surface area contributed by atoms with Crippen molar-refractivity contribution in [3.05, 3.63) is 59.7 Å². The summed E-state index contributed by atoms with van der Waals surface area (Å²) in [5.41, 5.74) is 1.86. The van der Waals surface area contributed by atoms with E-state index in [4.69, 9.17) is 28.7 Å². The number of rotatable bonds is 21. The second kappa shape index (κ2) is 17.6. The lowest BCUT2D eigenvalue weighted by molar-refractivity contribution is -0.211. The molecular weight excluding hydrogens is 544 g/mol. The van der Waals surface area contributed by atoms with Crippen LogP contribution in [0.25, 0.3) is 0 Å². The van der Waals surface area contributed by atoms with E-state index >= 15 is 0 Å². The molecule has 2 rings (SSSR count). The molecule has 0 fully saturated rings. The first-order valence-corrected chi connectivity index (χ1v) is 14.6. The molecule has 0 bridgehead atoms. The van der Waals surface area contributed by atoms with Crippen LogP contribution in [0.4, 0.5) is 0 Å². The zero-order chi connectivity index (χ0) is 27.7. The van der Waals surface area contributed by atoms with Crippen LogP contribution >= 0.6 is 0 Å². The quantitative estimate of drug-likeness (QED) is 0.122. The molecule has 0 radical (unpaired) electrons. The van der Waals surface area contributed by atoms with Gasteiger partial charge in [0.2, 0.25) is 0 Å². The van der Waals surface area contributed by atoms with Crippen molar-refractivity contribution in [1.29, 1.82) is 0 Å². The fourth-order valence-electron chi connectivity index (χ4n) is 2.63. The van der Waals surface area contributed by atoms with Gasteiger partial charge >= 0.3 is 20.2 Å². The van der Waals surface area contributed by atoms with Gasteiger partial charge in [-0.05, 0) is 38.1 Å². The minimum Gasteiger partial charge on any atom is -0.377 e. The van der Waals surface area contributed by atoms with Gasteiger partial charge in [-0.15, -0.1) is 8.67 Å². The molecule has 0 aromatic heterocycles. The van der Waals surface area contributed by atoms with Crippen LogP contribution in [0.3, 0.4) is 0 Å². The third-order valence-electron chi connectivity index (χ3n) is 4.63. The lowest BCUT2D eigenvalue weighted by Gasteiger charge is -2.08. The van der Waals surface area contributed by atoms with Gasteiger partial charge in [-0.2, -0.15) is 16.8 Å². The van der Waals surface area contributed by atoms with Crippen LogP contribution in [0.2, 0.25) is 0 Å². The van der Waals surface area contributed by atoms with Crippen molar-refractivity contribution in [2.24, 2.45) is 0 Å². The van der Waals surface area contributed by atoms with Gasteiger partial charge in [-0.1, -0.05) is 35.4 Å². The molecule has 0 aliphatic heterocycles. The lowest BCUT2D eigenvalue weighted by atomic mass is 10.2. The summed E-state index contributed by atoms with van der Waals surface area (Å²) in [7, 11) is -7.95. The van der Waals surface area contributed by atoms with Crippen molar-refractivity contribution in [2.75, 3.05) is 66.1 Å². The molecule has 12 nitrogen and oxygen atoms in total. The Balaban J connectivity index is 1.33. The monoisotopic (exact) mass is 578 g/mol. The maximum absolute atomic E-state index is 11.9. The molecule has 0 aliphatic rings. The van der Waals surface area contributed by atoms with Crippen molar-refractivity contribution in [3.63, 3.8) is 0 Å². The van der Waals surface area contributed by atoms with Crippen LogP contribution in [0, 0.1) is 13.8 Å². The molecule has 2 aromatic rings. The Morgan fingerprint density at radius 1 is 0.447 bits per heavy atom. The van der Waals surface area contributed by atoms with Gasteiger partial charge in [-0.3, -0.25) is 0 Å². The van der Waals surface area contributed by atoms with Crippen LogP contribution in [0.5, 0.6) is 0 Å². The molecule has 2 aromatic carbocycles. The van der Waals surface area contributed by atoms with E-state index in [9.17, 15) is 16.8 Å². The molecule has 0 unspecified atom stereocenters. The minimum atomic E-state index is -3.97. The third-order valence-corrected chi connectivity index (χ3v) is 6.88. The Hall–Kier alpha value is -1.98. The Bertz CT molecular complexity index is 1030. The van der Waals surface area contributed by atoms with Crippen LogP contribution in [-0.4, -0.2) is 82.9 Å². The van der Waals surface area contributed by atoms with E-state index < -0.39 is 20.2 Å². The maximum Gasteiger partial charge on any atom is 0.323 e. The summed E-state index contributed by atoms with van der Waals surface area (Å²) in [5, 5.41) is 0. The van der Waals surface area contributed by atoms with Crippen LogP contribution in [0.1, 0.15) is 11.1 Å². The van der Waals surface area contributed by atoms with Gasteiger partial charge in [0.1, 0.15) is 13.2 Å². The first-order chi connectivity index (χ1) is 18.2. The molecule has 0 aliphatic carbocycles. The summed E-state index contributed by atoms with van der Waals surface area (Å²) < 4.78 is 78.0. The van der Waals surface area contributed by atoms with Gasteiger partial charge in [0.25, 0.3) is 0 Å². The molecule has 14 heteroatoms. The van der Waals surface area contributed by atoms with Crippen LogP contribution < -0.4 is 0 Å². The van der Waals surface area contributed by atoms with Crippen LogP contribution in [-0.2, 0) is 57.6 Å². The lowest BCUT2D eigenvalue weighted by Crippen LogP contribution is -2.15. The molecule has 0 spiro atoms. The molecule has 0 heterocycles. The average molecular weight is 579 g/mol. The largest absolute Gasteiger partial charge is 0.377 e. The molecule has 0 atom stereocenters. The maximum atomic E-state index is 11.9. The zero-order valence-corrected chi connectivity index (χ0v) is 23.0. The summed E-state index contributed by atoms with van der Waals surface area (Å²) in [6, 6.07) is 12.4. The Morgan fingerprint density at radius 3 is 1.00 bits per heavy atom. The molecular formula is C24H34O12S2. The first kappa shape index (κ1) is 32.2. The minimum absolute atomic E-state index is 0.0111. The Morgan fingerprint density at radius 2 is 0.711 bits per heavy atom. The highest BCUT2D eigenvalue weighted by molar-refractivity contribution is 7.87. The fourth-order valence-corrected chi connectivity index (χ4v) is 4.12. The van der Waals surface area contributed by atoms with E-state index in [-0.39, 0.29) is 36.2 Å². The van der Waals surface area contributed by atoms with E-state index in [0.29, 0.717) is 39.6 Å². The summed E-state index contributed by atoms with van der Waals surface area (Å²) >= 11 is 0. The zero-order valence-electron chi connectivity index (χ0n) is 21.4. The smallest absolute Gasteiger partial charge is 0.323 e. The topological polar surface area (TPSA) is 142 Å². The molecule has 0 amide bonds. The Kier molecular flexibility index (Phi) is 14.9. The van der Waals surface area contributed by atoms with Crippen LogP contribution in [0.15, 0.2) is 58.3 Å². The highest BCUT2D eigenvalue weighted by atomic mass is 32.2. The average Bonchev–Trinajstić information content (AvgIpc) is 2.88. The van der Waals surface area contributed by atoms with E-state index in [2.05, 4.69) is 8.67 Å². The van der Waals surface area contributed by atoms with E-state index in [1.54, 1.807) is 24.3 Å². The van der Waals surface area contributed by atoms with Crippen molar-refractivity contribution in [1.82, 2.24) is 0 Å². The normalized spacial score (nSPS) is 12.2. The van der Waals surface area contributed by atoms with E-state index in [1.807, 2.05) is 13.8 Å². The summed E-state index contributed by atoms with van der Waals surface area (Å²) in [6.45, 7) is 5.77. The summed E-state index contributed by atoms with van der Waals surface area (Å²) in [4.78, 5) is 9.43. The number of benzene rings is 2. The SMILES string of the molecule is Cc1ccc(S(=O)(=O)OOCCOCCOCCOCCOCCOOS(=O)(=O)c2ccc(C)cc2)cc1. The predicted molar refractivity (Wildman–Crippen MR) is 134 cm³/mol. The van der Waals surface area contributed by atoms with Gasteiger partial charge in [0, 0.05) is 0 Å². The van der Waals surface area contributed by atoms with E-state index in [0.717, 1.165) is 11.1 Å². The number of aryl methyl sites for hydroxylation is 2. The highest BCUT2D eigenvalue weighted by Crippen LogP contribution is 2.14. The van der Waals surface area contributed by atoms with Crippen molar-refractivity contribution in [3.8, 4) is 0 Å². The van der Waals surface area contributed by atoms with Gasteiger partial charge < -0.3 is 18.9 Å². The summed E-state index contributed by atoms with van der Waals surface area (Å²) in [5.74, 6) is 0. The van der Waals surface area contributed by atoms with E-state index in [1.165, 1.54) is 24.3 Å². The van der Waals surface area contributed by atoms with Crippen molar-refractivity contribution < 1.29 is 54.2 Å². The van der Waals surface area contributed by atoms with Gasteiger partial charge in [-0.25, -0.2) is 9.78 Å².